The number of hydrogen-bond donors (Lipinski definition) is 3. The number of carbonyl (C=O) groups excluding carboxylic acids is 1. The average Bonchev–Trinajstić information content (AvgIpc) is 2.62. The molecule has 0 bridgehead atoms. The zero-order valence-electron chi connectivity index (χ0n) is 10.3. The number of benzene rings is 1. The van der Waals surface area contributed by atoms with Crippen LogP contribution in [0.3, 0.4) is 0 Å². The molecule has 1 heterocycles. The molecular formula is C14H14O5. The Hall–Kier alpha value is -1.85. The molecular weight excluding hydrogens is 248 g/mol. The lowest BCUT2D eigenvalue weighted by molar-refractivity contribution is -0.162. The molecule has 5 heteroatoms. The van der Waals surface area contributed by atoms with E-state index in [-0.39, 0.29) is 12.2 Å². The summed E-state index contributed by atoms with van der Waals surface area (Å²) in [7, 11) is 0. The molecule has 0 saturated carbocycles. The van der Waals surface area contributed by atoms with Gasteiger partial charge in [-0.25, -0.2) is 4.79 Å². The number of carbonyl (C=O) groups is 1. The van der Waals surface area contributed by atoms with Crippen molar-refractivity contribution in [1.29, 1.82) is 0 Å². The number of aliphatic hydroxyl groups is 2. The highest BCUT2D eigenvalue weighted by atomic mass is 16.6. The standard InChI is InChI=1S/C14H14O5/c1-7-5-14(19-13(7)18)6-10(16)11-8(12(14)17)3-2-4-9(11)15/h2-5,10,12,15-17H,6H2,1H3/t10-,12-,14-/m0/s1. The van der Waals surface area contributed by atoms with Gasteiger partial charge in [0.1, 0.15) is 11.9 Å². The highest BCUT2D eigenvalue weighted by Crippen LogP contribution is 2.50. The number of esters is 1. The van der Waals surface area contributed by atoms with Crippen LogP contribution in [0.15, 0.2) is 29.8 Å². The summed E-state index contributed by atoms with van der Waals surface area (Å²) in [5, 5.41) is 30.4. The van der Waals surface area contributed by atoms with E-state index in [1.807, 2.05) is 0 Å². The molecule has 0 amide bonds. The molecule has 1 aromatic carbocycles. The molecule has 100 valence electrons. The van der Waals surface area contributed by atoms with Crippen molar-refractivity contribution in [2.45, 2.75) is 31.2 Å². The van der Waals surface area contributed by atoms with Crippen molar-refractivity contribution in [3.8, 4) is 5.75 Å². The second-order valence-electron chi connectivity index (χ2n) is 5.07. The number of hydrogen-bond acceptors (Lipinski definition) is 5. The number of phenols is 1. The van der Waals surface area contributed by atoms with Crippen LogP contribution in [-0.2, 0) is 9.53 Å². The maximum Gasteiger partial charge on any atom is 0.334 e. The van der Waals surface area contributed by atoms with Crippen LogP contribution >= 0.6 is 0 Å². The minimum absolute atomic E-state index is 0.0296. The molecule has 1 aliphatic heterocycles. The summed E-state index contributed by atoms with van der Waals surface area (Å²) in [5.41, 5.74) is -0.136. The van der Waals surface area contributed by atoms with E-state index >= 15 is 0 Å². The van der Waals surface area contributed by atoms with E-state index in [2.05, 4.69) is 0 Å². The van der Waals surface area contributed by atoms with E-state index < -0.39 is 23.8 Å². The monoisotopic (exact) mass is 262 g/mol. The third-order valence-corrected chi connectivity index (χ3v) is 3.79. The molecule has 19 heavy (non-hydrogen) atoms. The SMILES string of the molecule is CC1=C[C@@]2(C[C@H](O)c3c(O)cccc3[C@@H]2O)OC1=O. The molecule has 2 aliphatic rings. The van der Waals surface area contributed by atoms with Gasteiger partial charge in [-0.15, -0.1) is 0 Å². The van der Waals surface area contributed by atoms with E-state index in [0.717, 1.165) is 0 Å². The van der Waals surface area contributed by atoms with Crippen LogP contribution in [0.5, 0.6) is 5.75 Å². The van der Waals surface area contributed by atoms with Crippen LogP contribution in [-0.4, -0.2) is 26.9 Å². The fourth-order valence-electron chi connectivity index (χ4n) is 2.89. The zero-order valence-corrected chi connectivity index (χ0v) is 10.3. The minimum Gasteiger partial charge on any atom is -0.508 e. The molecule has 0 radical (unpaired) electrons. The molecule has 0 aromatic heterocycles. The fourth-order valence-corrected chi connectivity index (χ4v) is 2.89. The quantitative estimate of drug-likeness (QED) is 0.609. The normalized spacial score (nSPS) is 33.0. The highest BCUT2D eigenvalue weighted by Gasteiger charge is 2.51. The summed E-state index contributed by atoms with van der Waals surface area (Å²) in [6, 6.07) is 4.64. The van der Waals surface area contributed by atoms with Crippen LogP contribution in [0.4, 0.5) is 0 Å². The molecule has 0 unspecified atom stereocenters. The van der Waals surface area contributed by atoms with Gasteiger partial charge in [0.05, 0.1) is 6.10 Å². The first kappa shape index (κ1) is 12.2. The number of fused-ring (bicyclic) bond motifs is 1. The third kappa shape index (κ3) is 1.59. The molecule has 5 nitrogen and oxygen atoms in total. The van der Waals surface area contributed by atoms with Crippen LogP contribution in [0.2, 0.25) is 0 Å². The fraction of sp³-hybridized carbons (Fsp3) is 0.357. The summed E-state index contributed by atoms with van der Waals surface area (Å²) >= 11 is 0. The molecule has 3 N–H and O–H groups in total. The van der Waals surface area contributed by atoms with Crippen molar-refractivity contribution in [2.24, 2.45) is 0 Å². The highest BCUT2D eigenvalue weighted by molar-refractivity contribution is 5.91. The van der Waals surface area contributed by atoms with Crippen LogP contribution in [0, 0.1) is 0 Å². The molecule has 0 saturated heterocycles. The van der Waals surface area contributed by atoms with Crippen molar-refractivity contribution in [3.05, 3.63) is 41.0 Å². The maximum absolute atomic E-state index is 11.5. The van der Waals surface area contributed by atoms with Gasteiger partial charge < -0.3 is 20.1 Å². The number of rotatable bonds is 0. The molecule has 1 aromatic rings. The average molecular weight is 262 g/mol. The largest absolute Gasteiger partial charge is 0.508 e. The Morgan fingerprint density at radius 3 is 2.74 bits per heavy atom. The van der Waals surface area contributed by atoms with Gasteiger partial charge >= 0.3 is 5.97 Å². The predicted molar refractivity (Wildman–Crippen MR) is 65.2 cm³/mol. The van der Waals surface area contributed by atoms with Crippen LogP contribution < -0.4 is 0 Å². The zero-order chi connectivity index (χ0) is 13.8. The van der Waals surface area contributed by atoms with Gasteiger partial charge in [0.2, 0.25) is 0 Å². The number of aromatic hydroxyl groups is 1. The maximum atomic E-state index is 11.5. The molecule has 3 rings (SSSR count). The Morgan fingerprint density at radius 1 is 1.37 bits per heavy atom. The van der Waals surface area contributed by atoms with Crippen molar-refractivity contribution in [1.82, 2.24) is 0 Å². The van der Waals surface area contributed by atoms with Gasteiger partial charge in [0, 0.05) is 17.6 Å². The summed E-state index contributed by atoms with van der Waals surface area (Å²) in [6.07, 6.45) is -0.508. The number of aliphatic hydroxyl groups excluding tert-OH is 2. The first-order valence-corrected chi connectivity index (χ1v) is 6.05. The lowest BCUT2D eigenvalue weighted by Crippen LogP contribution is -2.41. The predicted octanol–water partition coefficient (Wildman–Crippen LogP) is 1.10. The lowest BCUT2D eigenvalue weighted by Gasteiger charge is -2.39. The van der Waals surface area contributed by atoms with E-state index in [9.17, 15) is 20.1 Å². The van der Waals surface area contributed by atoms with Crippen LogP contribution in [0.1, 0.15) is 36.7 Å². The van der Waals surface area contributed by atoms with E-state index in [1.165, 1.54) is 6.07 Å². The summed E-state index contributed by atoms with van der Waals surface area (Å²) in [4.78, 5) is 11.5. The van der Waals surface area contributed by atoms with Gasteiger partial charge in [-0.05, 0) is 24.6 Å². The summed E-state index contributed by atoms with van der Waals surface area (Å²) in [6.45, 7) is 1.61. The number of phenolic OH excluding ortho intramolecular Hbond substituents is 1. The second kappa shape index (κ2) is 3.82. The van der Waals surface area contributed by atoms with Crippen LogP contribution in [0.25, 0.3) is 0 Å². The van der Waals surface area contributed by atoms with Crippen molar-refractivity contribution in [2.75, 3.05) is 0 Å². The Bertz CT molecular complexity index is 591. The molecule has 1 spiro atoms. The topological polar surface area (TPSA) is 87.0 Å². The van der Waals surface area contributed by atoms with Gasteiger partial charge in [0.25, 0.3) is 0 Å². The minimum atomic E-state index is -1.23. The number of ether oxygens (including phenoxy) is 1. The first-order valence-electron chi connectivity index (χ1n) is 6.05. The summed E-state index contributed by atoms with van der Waals surface area (Å²) < 4.78 is 5.26. The Balaban J connectivity index is 2.14. The Morgan fingerprint density at radius 2 is 2.11 bits per heavy atom. The molecule has 0 fully saturated rings. The Kier molecular flexibility index (Phi) is 2.45. The van der Waals surface area contributed by atoms with Gasteiger partial charge in [0.15, 0.2) is 5.60 Å². The smallest absolute Gasteiger partial charge is 0.334 e. The van der Waals surface area contributed by atoms with Gasteiger partial charge in [-0.2, -0.15) is 0 Å². The third-order valence-electron chi connectivity index (χ3n) is 3.79. The molecule has 1 aliphatic carbocycles. The second-order valence-corrected chi connectivity index (χ2v) is 5.07. The lowest BCUT2D eigenvalue weighted by atomic mass is 9.76. The van der Waals surface area contributed by atoms with E-state index in [0.29, 0.717) is 16.7 Å². The van der Waals surface area contributed by atoms with Crippen molar-refractivity contribution >= 4 is 5.97 Å². The van der Waals surface area contributed by atoms with E-state index in [4.69, 9.17) is 4.74 Å². The first-order chi connectivity index (χ1) is 8.94. The van der Waals surface area contributed by atoms with Gasteiger partial charge in [-0.1, -0.05) is 12.1 Å². The Labute approximate surface area is 109 Å². The van der Waals surface area contributed by atoms with Crippen molar-refractivity contribution < 1.29 is 24.9 Å². The van der Waals surface area contributed by atoms with E-state index in [1.54, 1.807) is 25.1 Å². The van der Waals surface area contributed by atoms with Gasteiger partial charge in [-0.3, -0.25) is 0 Å². The molecule has 3 atom stereocenters. The van der Waals surface area contributed by atoms with Crippen molar-refractivity contribution in [3.63, 3.8) is 0 Å². The summed E-state index contributed by atoms with van der Waals surface area (Å²) in [5.74, 6) is -0.557.